The van der Waals surface area contributed by atoms with Gasteiger partial charge in [-0.3, -0.25) is 0 Å². The number of aliphatic hydroxyl groups excluding tert-OH is 1. The monoisotopic (exact) mass is 150 g/mol. The lowest BCUT2D eigenvalue weighted by molar-refractivity contribution is 0.179. The van der Waals surface area contributed by atoms with E-state index in [0.29, 0.717) is 0 Å². The highest BCUT2D eigenvalue weighted by atomic mass is 16.3. The summed E-state index contributed by atoms with van der Waals surface area (Å²) in [7, 11) is 0. The van der Waals surface area contributed by atoms with E-state index in [2.05, 4.69) is 0 Å². The van der Waals surface area contributed by atoms with E-state index in [0.717, 1.165) is 24.0 Å². The highest BCUT2D eigenvalue weighted by molar-refractivity contribution is 5.39. The SMILES string of the molecule is Oc1ccc2c(c1)[C@H](O)CC2. The Kier molecular flexibility index (Phi) is 1.36. The van der Waals surface area contributed by atoms with Gasteiger partial charge in [0.25, 0.3) is 0 Å². The Bertz CT molecular complexity index is 281. The van der Waals surface area contributed by atoms with Crippen LogP contribution in [-0.4, -0.2) is 10.2 Å². The summed E-state index contributed by atoms with van der Waals surface area (Å²) >= 11 is 0. The molecule has 1 aromatic rings. The smallest absolute Gasteiger partial charge is 0.115 e. The molecule has 2 rings (SSSR count). The van der Waals surface area contributed by atoms with Crippen molar-refractivity contribution in [3.8, 4) is 5.75 Å². The number of hydrogen-bond acceptors (Lipinski definition) is 2. The number of aliphatic hydroxyl groups is 1. The number of phenolic OH excluding ortho intramolecular Hbond substituents is 1. The number of fused-ring (bicyclic) bond motifs is 1. The third-order valence-electron chi connectivity index (χ3n) is 2.18. The Morgan fingerprint density at radius 3 is 3.00 bits per heavy atom. The molecule has 11 heavy (non-hydrogen) atoms. The highest BCUT2D eigenvalue weighted by Gasteiger charge is 2.19. The van der Waals surface area contributed by atoms with Crippen molar-refractivity contribution in [1.29, 1.82) is 0 Å². The summed E-state index contributed by atoms with van der Waals surface area (Å²) in [6.07, 6.45) is 1.35. The van der Waals surface area contributed by atoms with Crippen molar-refractivity contribution in [2.45, 2.75) is 18.9 Å². The Morgan fingerprint density at radius 1 is 1.36 bits per heavy atom. The molecular weight excluding hydrogens is 140 g/mol. The summed E-state index contributed by atoms with van der Waals surface area (Å²) in [6, 6.07) is 5.19. The molecular formula is C9H10O2. The molecule has 0 heterocycles. The minimum Gasteiger partial charge on any atom is -0.508 e. The molecule has 1 aromatic carbocycles. The van der Waals surface area contributed by atoms with E-state index >= 15 is 0 Å². The molecule has 0 unspecified atom stereocenters. The normalized spacial score (nSPS) is 21.7. The van der Waals surface area contributed by atoms with Crippen LogP contribution in [-0.2, 0) is 6.42 Å². The van der Waals surface area contributed by atoms with Crippen LogP contribution >= 0.6 is 0 Å². The quantitative estimate of drug-likeness (QED) is 0.586. The largest absolute Gasteiger partial charge is 0.508 e. The minimum atomic E-state index is -0.364. The molecule has 2 heteroatoms. The third kappa shape index (κ3) is 0.994. The van der Waals surface area contributed by atoms with Gasteiger partial charge in [0.1, 0.15) is 5.75 Å². The molecule has 1 aliphatic rings. The molecule has 1 aliphatic carbocycles. The van der Waals surface area contributed by atoms with Gasteiger partial charge in [0, 0.05) is 0 Å². The zero-order valence-electron chi connectivity index (χ0n) is 6.12. The predicted octanol–water partition coefficient (Wildman–Crippen LogP) is 1.37. The molecule has 0 amide bonds. The van der Waals surface area contributed by atoms with Crippen LogP contribution in [0.15, 0.2) is 18.2 Å². The average Bonchev–Trinajstić information content (AvgIpc) is 2.33. The van der Waals surface area contributed by atoms with E-state index in [1.807, 2.05) is 6.07 Å². The van der Waals surface area contributed by atoms with Gasteiger partial charge in [-0.15, -0.1) is 0 Å². The second kappa shape index (κ2) is 2.24. The van der Waals surface area contributed by atoms with Crippen LogP contribution in [0, 0.1) is 0 Å². The fraction of sp³-hybridized carbons (Fsp3) is 0.333. The molecule has 0 aromatic heterocycles. The minimum absolute atomic E-state index is 0.240. The first-order valence-electron chi connectivity index (χ1n) is 3.77. The van der Waals surface area contributed by atoms with E-state index in [-0.39, 0.29) is 11.9 Å². The first-order chi connectivity index (χ1) is 5.27. The maximum Gasteiger partial charge on any atom is 0.115 e. The van der Waals surface area contributed by atoms with Gasteiger partial charge in [-0.25, -0.2) is 0 Å². The number of hydrogen-bond donors (Lipinski definition) is 2. The fourth-order valence-electron chi connectivity index (χ4n) is 1.57. The van der Waals surface area contributed by atoms with Gasteiger partial charge in [-0.1, -0.05) is 6.07 Å². The van der Waals surface area contributed by atoms with E-state index in [9.17, 15) is 5.11 Å². The second-order valence-corrected chi connectivity index (χ2v) is 2.94. The van der Waals surface area contributed by atoms with Crippen LogP contribution in [0.25, 0.3) is 0 Å². The molecule has 0 radical (unpaired) electrons. The maximum atomic E-state index is 9.39. The number of aryl methyl sites for hydroxylation is 1. The van der Waals surface area contributed by atoms with Crippen molar-refractivity contribution in [2.75, 3.05) is 0 Å². The molecule has 2 N–H and O–H groups in total. The zero-order valence-corrected chi connectivity index (χ0v) is 6.12. The Hall–Kier alpha value is -1.02. The van der Waals surface area contributed by atoms with Crippen molar-refractivity contribution >= 4 is 0 Å². The topological polar surface area (TPSA) is 40.5 Å². The maximum absolute atomic E-state index is 9.39. The van der Waals surface area contributed by atoms with Crippen LogP contribution in [0.4, 0.5) is 0 Å². The fourth-order valence-corrected chi connectivity index (χ4v) is 1.57. The van der Waals surface area contributed by atoms with E-state index in [1.165, 1.54) is 0 Å². The number of phenols is 1. The lowest BCUT2D eigenvalue weighted by Gasteiger charge is -2.02. The first kappa shape index (κ1) is 6.68. The molecule has 1 atom stereocenters. The Labute approximate surface area is 65.1 Å². The Morgan fingerprint density at radius 2 is 2.18 bits per heavy atom. The standard InChI is InChI=1S/C9H10O2/c10-7-3-1-6-2-4-9(11)8(6)5-7/h1,3,5,9-11H,2,4H2/t9-/m1/s1. The van der Waals surface area contributed by atoms with E-state index in [1.54, 1.807) is 12.1 Å². The molecule has 0 saturated heterocycles. The van der Waals surface area contributed by atoms with Gasteiger partial charge < -0.3 is 10.2 Å². The van der Waals surface area contributed by atoms with Crippen molar-refractivity contribution in [2.24, 2.45) is 0 Å². The molecule has 0 bridgehead atoms. The van der Waals surface area contributed by atoms with Crippen LogP contribution in [0.1, 0.15) is 23.7 Å². The van der Waals surface area contributed by atoms with E-state index < -0.39 is 0 Å². The van der Waals surface area contributed by atoms with Crippen molar-refractivity contribution < 1.29 is 10.2 Å². The molecule has 0 fully saturated rings. The van der Waals surface area contributed by atoms with Crippen molar-refractivity contribution in [3.63, 3.8) is 0 Å². The lowest BCUT2D eigenvalue weighted by atomic mass is 10.1. The number of rotatable bonds is 0. The van der Waals surface area contributed by atoms with Crippen LogP contribution < -0.4 is 0 Å². The summed E-state index contributed by atoms with van der Waals surface area (Å²) in [5, 5.41) is 18.5. The van der Waals surface area contributed by atoms with Gasteiger partial charge in [-0.05, 0) is 36.1 Å². The van der Waals surface area contributed by atoms with Gasteiger partial charge in [-0.2, -0.15) is 0 Å². The summed E-state index contributed by atoms with van der Waals surface area (Å²) in [4.78, 5) is 0. The van der Waals surface area contributed by atoms with Crippen LogP contribution in [0.3, 0.4) is 0 Å². The average molecular weight is 150 g/mol. The van der Waals surface area contributed by atoms with Gasteiger partial charge in [0.05, 0.1) is 6.10 Å². The molecule has 2 nitrogen and oxygen atoms in total. The van der Waals surface area contributed by atoms with E-state index in [4.69, 9.17) is 5.11 Å². The molecule has 0 aliphatic heterocycles. The Balaban J connectivity index is 2.52. The number of benzene rings is 1. The lowest BCUT2D eigenvalue weighted by Crippen LogP contribution is -1.88. The molecule has 0 saturated carbocycles. The number of aromatic hydroxyl groups is 1. The van der Waals surface area contributed by atoms with Gasteiger partial charge in [0.15, 0.2) is 0 Å². The van der Waals surface area contributed by atoms with Crippen LogP contribution in [0.5, 0.6) is 5.75 Å². The zero-order chi connectivity index (χ0) is 7.84. The molecule has 58 valence electrons. The summed E-state index contributed by atoms with van der Waals surface area (Å²) in [6.45, 7) is 0. The van der Waals surface area contributed by atoms with Crippen molar-refractivity contribution in [3.05, 3.63) is 29.3 Å². The highest BCUT2D eigenvalue weighted by Crippen LogP contribution is 2.32. The van der Waals surface area contributed by atoms with Crippen molar-refractivity contribution in [1.82, 2.24) is 0 Å². The predicted molar refractivity (Wildman–Crippen MR) is 41.4 cm³/mol. The first-order valence-corrected chi connectivity index (χ1v) is 3.77. The van der Waals surface area contributed by atoms with Gasteiger partial charge in [0.2, 0.25) is 0 Å². The van der Waals surface area contributed by atoms with Crippen LogP contribution in [0.2, 0.25) is 0 Å². The summed E-state index contributed by atoms with van der Waals surface area (Å²) < 4.78 is 0. The summed E-state index contributed by atoms with van der Waals surface area (Å²) in [5.74, 6) is 0.240. The summed E-state index contributed by atoms with van der Waals surface area (Å²) in [5.41, 5.74) is 2.06. The third-order valence-corrected chi connectivity index (χ3v) is 2.18. The molecule has 0 spiro atoms. The van der Waals surface area contributed by atoms with Gasteiger partial charge >= 0.3 is 0 Å². The second-order valence-electron chi connectivity index (χ2n) is 2.94.